The second kappa shape index (κ2) is 8.96. The van der Waals surface area contributed by atoms with Gasteiger partial charge in [-0.05, 0) is 23.3 Å². The van der Waals surface area contributed by atoms with Crippen LogP contribution in [0, 0.1) is 0 Å². The molecule has 0 saturated carbocycles. The van der Waals surface area contributed by atoms with Crippen molar-refractivity contribution in [3.8, 4) is 5.75 Å². The Hall–Kier alpha value is -3.84. The highest BCUT2D eigenvalue weighted by Gasteiger charge is 2.50. The normalized spacial score (nSPS) is 24.8. The van der Waals surface area contributed by atoms with E-state index in [-0.39, 0.29) is 12.5 Å². The lowest BCUT2D eigenvalue weighted by Crippen LogP contribution is -2.57. The number of methoxy groups -OCH3 is 1. The van der Waals surface area contributed by atoms with Crippen molar-refractivity contribution in [3.05, 3.63) is 102 Å². The van der Waals surface area contributed by atoms with Gasteiger partial charge in [0.15, 0.2) is 6.23 Å². The molecule has 3 aromatic rings. The maximum atomic E-state index is 13.5. The minimum absolute atomic E-state index is 0.171. The maximum Gasteiger partial charge on any atom is 0.411 e. The molecule has 0 aromatic heterocycles. The average Bonchev–Trinajstić information content (AvgIpc) is 3.25. The van der Waals surface area contributed by atoms with Crippen molar-refractivity contribution in [2.45, 2.75) is 24.4 Å². The molecule has 7 nitrogen and oxygen atoms in total. The van der Waals surface area contributed by atoms with Gasteiger partial charge in [0.25, 0.3) is 0 Å². The Kier molecular flexibility index (Phi) is 5.71. The summed E-state index contributed by atoms with van der Waals surface area (Å²) in [6.45, 7) is 0.171. The molecule has 2 amide bonds. The highest BCUT2D eigenvalue weighted by Crippen LogP contribution is 2.40. The predicted molar refractivity (Wildman–Crippen MR) is 120 cm³/mol. The van der Waals surface area contributed by atoms with E-state index in [1.165, 1.54) is 4.90 Å². The molecule has 0 aliphatic carbocycles. The number of cyclic esters (lactones) is 1. The van der Waals surface area contributed by atoms with Gasteiger partial charge >= 0.3 is 6.09 Å². The van der Waals surface area contributed by atoms with Crippen LogP contribution in [0.3, 0.4) is 0 Å². The lowest BCUT2D eigenvalue weighted by atomic mass is 9.95. The minimum Gasteiger partial charge on any atom is -0.497 e. The van der Waals surface area contributed by atoms with E-state index < -0.39 is 30.5 Å². The Bertz CT molecular complexity index is 1120. The maximum absolute atomic E-state index is 13.5. The van der Waals surface area contributed by atoms with Gasteiger partial charge in [-0.3, -0.25) is 9.69 Å². The van der Waals surface area contributed by atoms with Crippen molar-refractivity contribution in [2.75, 3.05) is 13.7 Å². The van der Waals surface area contributed by atoms with Crippen LogP contribution in [0.5, 0.6) is 5.75 Å². The summed E-state index contributed by atoms with van der Waals surface area (Å²) in [5, 5.41) is 2.94. The summed E-state index contributed by atoms with van der Waals surface area (Å²) in [4.78, 5) is 27.9. The van der Waals surface area contributed by atoms with Crippen molar-refractivity contribution in [3.63, 3.8) is 0 Å². The molecule has 5 rings (SSSR count). The fourth-order valence-electron chi connectivity index (χ4n) is 4.40. The summed E-state index contributed by atoms with van der Waals surface area (Å²) >= 11 is 0. The molecule has 2 aliphatic rings. The molecule has 168 valence electrons. The highest BCUT2D eigenvalue weighted by atomic mass is 16.6. The van der Waals surface area contributed by atoms with E-state index in [1.54, 1.807) is 7.11 Å². The number of benzene rings is 3. The van der Waals surface area contributed by atoms with Crippen LogP contribution in [0.1, 0.15) is 35.1 Å². The van der Waals surface area contributed by atoms with Crippen molar-refractivity contribution in [2.24, 2.45) is 0 Å². The summed E-state index contributed by atoms with van der Waals surface area (Å²) in [5.74, 6) is 0.397. The first-order chi connectivity index (χ1) is 16.2. The Morgan fingerprint density at radius 2 is 1.48 bits per heavy atom. The first-order valence-electron chi connectivity index (χ1n) is 10.8. The summed E-state index contributed by atoms with van der Waals surface area (Å²) < 4.78 is 17.1. The van der Waals surface area contributed by atoms with Gasteiger partial charge in [0.2, 0.25) is 5.91 Å². The Balaban J connectivity index is 1.54. The van der Waals surface area contributed by atoms with Crippen molar-refractivity contribution in [1.29, 1.82) is 0 Å². The molecule has 33 heavy (non-hydrogen) atoms. The van der Waals surface area contributed by atoms with Gasteiger partial charge in [0.1, 0.15) is 24.5 Å². The SMILES string of the molecule is COc1ccc([C@H]2O[C@H](c3ccccc3)NC(=O)[C@@H]2N2C(=O)OC[C@@H]2c2ccccc2)cc1. The van der Waals surface area contributed by atoms with E-state index >= 15 is 0 Å². The molecule has 3 aromatic carbocycles. The smallest absolute Gasteiger partial charge is 0.411 e. The van der Waals surface area contributed by atoms with Gasteiger partial charge in [0, 0.05) is 5.56 Å². The monoisotopic (exact) mass is 444 g/mol. The second-order valence-corrected chi connectivity index (χ2v) is 7.98. The third-order valence-corrected chi connectivity index (χ3v) is 6.05. The van der Waals surface area contributed by atoms with Crippen LogP contribution >= 0.6 is 0 Å². The van der Waals surface area contributed by atoms with Crippen LogP contribution in [0.25, 0.3) is 0 Å². The summed E-state index contributed by atoms with van der Waals surface area (Å²) in [6, 6.07) is 25.1. The number of carbonyl (C=O) groups excluding carboxylic acids is 2. The molecule has 2 aliphatic heterocycles. The van der Waals surface area contributed by atoms with E-state index in [1.807, 2.05) is 84.9 Å². The molecule has 1 N–H and O–H groups in total. The fraction of sp³-hybridized carbons (Fsp3) is 0.231. The largest absolute Gasteiger partial charge is 0.497 e. The van der Waals surface area contributed by atoms with E-state index in [2.05, 4.69) is 5.32 Å². The molecular weight excluding hydrogens is 420 g/mol. The molecule has 0 spiro atoms. The predicted octanol–water partition coefficient (Wildman–Crippen LogP) is 4.14. The van der Waals surface area contributed by atoms with Gasteiger partial charge in [-0.15, -0.1) is 0 Å². The number of hydrogen-bond acceptors (Lipinski definition) is 5. The zero-order valence-corrected chi connectivity index (χ0v) is 18.1. The molecule has 0 unspecified atom stereocenters. The summed E-state index contributed by atoms with van der Waals surface area (Å²) in [5.41, 5.74) is 2.49. The van der Waals surface area contributed by atoms with Gasteiger partial charge in [-0.2, -0.15) is 0 Å². The molecule has 0 radical (unpaired) electrons. The Morgan fingerprint density at radius 1 is 0.848 bits per heavy atom. The van der Waals surface area contributed by atoms with Crippen LogP contribution < -0.4 is 10.1 Å². The van der Waals surface area contributed by atoms with Crippen LogP contribution in [-0.2, 0) is 14.3 Å². The van der Waals surface area contributed by atoms with E-state index in [9.17, 15) is 9.59 Å². The lowest BCUT2D eigenvalue weighted by molar-refractivity contribution is -0.157. The van der Waals surface area contributed by atoms with E-state index in [0.29, 0.717) is 5.75 Å². The first-order valence-corrected chi connectivity index (χ1v) is 10.8. The highest BCUT2D eigenvalue weighted by molar-refractivity contribution is 5.88. The molecule has 2 fully saturated rings. The third-order valence-electron chi connectivity index (χ3n) is 6.05. The van der Waals surface area contributed by atoms with Crippen LogP contribution in [-0.4, -0.2) is 36.7 Å². The van der Waals surface area contributed by atoms with Crippen LogP contribution in [0.4, 0.5) is 4.79 Å². The van der Waals surface area contributed by atoms with Gasteiger partial charge < -0.3 is 19.5 Å². The third kappa shape index (κ3) is 4.03. The molecule has 2 saturated heterocycles. The number of carbonyl (C=O) groups is 2. The summed E-state index contributed by atoms with van der Waals surface area (Å²) in [6.07, 6.45) is -1.88. The van der Waals surface area contributed by atoms with Crippen molar-refractivity contribution < 1.29 is 23.8 Å². The molecule has 7 heteroatoms. The number of nitrogens with zero attached hydrogens (tertiary/aromatic N) is 1. The number of rotatable bonds is 5. The number of nitrogens with one attached hydrogen (secondary N) is 1. The molecule has 2 heterocycles. The molecule has 0 bridgehead atoms. The van der Waals surface area contributed by atoms with E-state index in [0.717, 1.165) is 16.7 Å². The second-order valence-electron chi connectivity index (χ2n) is 7.98. The van der Waals surface area contributed by atoms with Crippen molar-refractivity contribution >= 4 is 12.0 Å². The number of hydrogen-bond donors (Lipinski definition) is 1. The Morgan fingerprint density at radius 3 is 2.12 bits per heavy atom. The quantitative estimate of drug-likeness (QED) is 0.640. The molecular formula is C26H24N2O5. The van der Waals surface area contributed by atoms with Crippen LogP contribution in [0.15, 0.2) is 84.9 Å². The Labute approximate surface area is 191 Å². The summed E-state index contributed by atoms with van der Waals surface area (Å²) in [7, 11) is 1.60. The minimum atomic E-state index is -0.904. The topological polar surface area (TPSA) is 77.1 Å². The number of ether oxygens (including phenoxy) is 3. The zero-order chi connectivity index (χ0) is 22.8. The molecule has 4 atom stereocenters. The number of amides is 2. The fourth-order valence-corrected chi connectivity index (χ4v) is 4.40. The van der Waals surface area contributed by atoms with Crippen LogP contribution in [0.2, 0.25) is 0 Å². The van der Waals surface area contributed by atoms with Crippen molar-refractivity contribution in [1.82, 2.24) is 10.2 Å². The standard InChI is InChI=1S/C26H24N2O5/c1-31-20-14-12-18(13-15-20)23-22(24(29)27-25(33-23)19-10-6-3-7-11-19)28-21(16-32-26(28)30)17-8-4-2-5-9-17/h2-15,21-23,25H,16H2,1H3,(H,27,29)/t21-,22-,23-,25-/m1/s1. The van der Waals surface area contributed by atoms with E-state index in [4.69, 9.17) is 14.2 Å². The first kappa shape index (κ1) is 21.0. The van der Waals surface area contributed by atoms with Gasteiger partial charge in [0.05, 0.1) is 13.2 Å². The van der Waals surface area contributed by atoms with Gasteiger partial charge in [-0.25, -0.2) is 4.79 Å². The van der Waals surface area contributed by atoms with Gasteiger partial charge in [-0.1, -0.05) is 72.8 Å². The lowest BCUT2D eigenvalue weighted by Gasteiger charge is -2.41. The average molecular weight is 444 g/mol. The zero-order valence-electron chi connectivity index (χ0n) is 18.1.